The first kappa shape index (κ1) is 14.0. The Balaban J connectivity index is 2.25. The Morgan fingerprint density at radius 3 is 2.50 bits per heavy atom. The quantitative estimate of drug-likeness (QED) is 0.889. The van der Waals surface area contributed by atoms with Crippen molar-refractivity contribution in [1.29, 1.82) is 0 Å². The maximum Gasteiger partial charge on any atom is 0.1000 e. The van der Waals surface area contributed by atoms with E-state index in [0.29, 0.717) is 12.0 Å². The van der Waals surface area contributed by atoms with Gasteiger partial charge < -0.3 is 5.73 Å². The molecule has 1 aliphatic carbocycles. The maximum atomic E-state index is 5.86. The molecule has 0 saturated heterocycles. The lowest BCUT2D eigenvalue weighted by Crippen LogP contribution is -2.28. The van der Waals surface area contributed by atoms with Gasteiger partial charge in [0.1, 0.15) is 0 Å². The predicted octanol–water partition coefficient (Wildman–Crippen LogP) is 3.53. The van der Waals surface area contributed by atoms with E-state index in [2.05, 4.69) is 34.6 Å². The molecule has 2 N–H and O–H groups in total. The molecule has 0 saturated carbocycles. The lowest BCUT2D eigenvalue weighted by molar-refractivity contribution is 0.217. The van der Waals surface area contributed by atoms with Gasteiger partial charge in [-0.05, 0) is 30.6 Å². The number of aryl methyl sites for hydroxylation is 1. The van der Waals surface area contributed by atoms with Gasteiger partial charge in [-0.3, -0.25) is 0 Å². The van der Waals surface area contributed by atoms with E-state index in [1.165, 1.54) is 28.4 Å². The summed E-state index contributed by atoms with van der Waals surface area (Å²) in [5.74, 6) is 0.791. The number of hydrogen-bond acceptors (Lipinski definition) is 3. The van der Waals surface area contributed by atoms with E-state index in [1.807, 2.05) is 11.3 Å². The lowest BCUT2D eigenvalue weighted by atomic mass is 9.73. The smallest absolute Gasteiger partial charge is 0.1000 e. The van der Waals surface area contributed by atoms with E-state index in [9.17, 15) is 0 Å². The zero-order chi connectivity index (χ0) is 13.6. The van der Waals surface area contributed by atoms with E-state index < -0.39 is 0 Å². The third-order valence-corrected chi connectivity index (χ3v) is 5.74. The molecule has 1 unspecified atom stereocenters. The van der Waals surface area contributed by atoms with Gasteiger partial charge in [-0.2, -0.15) is 0 Å². The molecular formula is C15H26N2S. The molecule has 0 aliphatic heterocycles. The second kappa shape index (κ2) is 4.61. The molecule has 18 heavy (non-hydrogen) atoms. The minimum atomic E-state index is 0.0270. The molecule has 1 heterocycles. The van der Waals surface area contributed by atoms with Crippen molar-refractivity contribution < 1.29 is 0 Å². The normalized spacial score (nSPS) is 20.9. The highest BCUT2D eigenvalue weighted by Crippen LogP contribution is 2.40. The highest BCUT2D eigenvalue weighted by atomic mass is 32.1. The fraction of sp³-hybridized carbons (Fsp3) is 0.800. The molecule has 2 rings (SSSR count). The highest BCUT2D eigenvalue weighted by molar-refractivity contribution is 7.11. The summed E-state index contributed by atoms with van der Waals surface area (Å²) >= 11 is 1.90. The second-order valence-electron chi connectivity index (χ2n) is 7.28. The SMILES string of the molecule is CC(C)(CN)c1nc2c(s1)CC(C(C)(C)C)CC2. The Bertz CT molecular complexity index is 426. The number of nitrogens with zero attached hydrogens (tertiary/aromatic N) is 1. The number of fused-ring (bicyclic) bond motifs is 1. The van der Waals surface area contributed by atoms with Crippen LogP contribution < -0.4 is 5.73 Å². The minimum absolute atomic E-state index is 0.0270. The van der Waals surface area contributed by atoms with Crippen molar-refractivity contribution in [2.75, 3.05) is 6.54 Å². The fourth-order valence-corrected chi connectivity index (χ4v) is 3.79. The van der Waals surface area contributed by atoms with Gasteiger partial charge in [-0.1, -0.05) is 34.6 Å². The maximum absolute atomic E-state index is 5.86. The Morgan fingerprint density at radius 1 is 1.28 bits per heavy atom. The van der Waals surface area contributed by atoms with Gasteiger partial charge in [0.2, 0.25) is 0 Å². The van der Waals surface area contributed by atoms with Crippen molar-refractivity contribution >= 4 is 11.3 Å². The van der Waals surface area contributed by atoms with Crippen LogP contribution in [0.1, 0.15) is 56.6 Å². The molecule has 102 valence electrons. The molecular weight excluding hydrogens is 240 g/mol. The molecule has 0 radical (unpaired) electrons. The van der Waals surface area contributed by atoms with Crippen molar-refractivity contribution in [2.45, 2.75) is 59.3 Å². The fourth-order valence-electron chi connectivity index (χ4n) is 2.49. The molecule has 0 spiro atoms. The Morgan fingerprint density at radius 2 is 1.94 bits per heavy atom. The largest absolute Gasteiger partial charge is 0.330 e. The predicted molar refractivity (Wildman–Crippen MR) is 79.2 cm³/mol. The third-order valence-electron chi connectivity index (χ3n) is 4.25. The standard InChI is InChI=1S/C15H26N2S/c1-14(2,3)10-6-7-11-12(8-10)18-13(17-11)15(4,5)9-16/h10H,6-9,16H2,1-5H3. The Kier molecular flexibility index (Phi) is 3.58. The van der Waals surface area contributed by atoms with Crippen LogP contribution in [0, 0.1) is 11.3 Å². The van der Waals surface area contributed by atoms with Gasteiger partial charge in [0.05, 0.1) is 10.7 Å². The van der Waals surface area contributed by atoms with Gasteiger partial charge in [0.15, 0.2) is 0 Å². The second-order valence-corrected chi connectivity index (χ2v) is 8.37. The average Bonchev–Trinajstić information content (AvgIpc) is 2.71. The van der Waals surface area contributed by atoms with Crippen LogP contribution in [0.25, 0.3) is 0 Å². The zero-order valence-corrected chi connectivity index (χ0v) is 13.2. The number of nitrogens with two attached hydrogens (primary N) is 1. The summed E-state index contributed by atoms with van der Waals surface area (Å²) in [5.41, 5.74) is 7.64. The average molecular weight is 266 g/mol. The summed E-state index contributed by atoms with van der Waals surface area (Å²) in [7, 11) is 0. The van der Waals surface area contributed by atoms with Crippen LogP contribution in [-0.2, 0) is 18.3 Å². The van der Waals surface area contributed by atoms with E-state index in [-0.39, 0.29) is 5.41 Å². The van der Waals surface area contributed by atoms with Gasteiger partial charge in [0.25, 0.3) is 0 Å². The number of thiazole rings is 1. The molecule has 0 aromatic carbocycles. The van der Waals surface area contributed by atoms with Crippen LogP contribution in [-0.4, -0.2) is 11.5 Å². The Labute approximate surface area is 115 Å². The monoisotopic (exact) mass is 266 g/mol. The first-order valence-electron chi connectivity index (χ1n) is 6.93. The Hall–Kier alpha value is -0.410. The van der Waals surface area contributed by atoms with Gasteiger partial charge in [-0.25, -0.2) is 4.98 Å². The van der Waals surface area contributed by atoms with Crippen LogP contribution in [0.3, 0.4) is 0 Å². The first-order valence-corrected chi connectivity index (χ1v) is 7.75. The molecule has 1 aromatic rings. The van der Waals surface area contributed by atoms with Crippen molar-refractivity contribution in [3.8, 4) is 0 Å². The summed E-state index contributed by atoms with van der Waals surface area (Å²) in [6, 6.07) is 0. The molecule has 2 nitrogen and oxygen atoms in total. The van der Waals surface area contributed by atoms with Crippen molar-refractivity contribution in [3.05, 3.63) is 15.6 Å². The van der Waals surface area contributed by atoms with Crippen LogP contribution in [0.4, 0.5) is 0 Å². The van der Waals surface area contributed by atoms with Crippen LogP contribution >= 0.6 is 11.3 Å². The summed E-state index contributed by atoms with van der Waals surface area (Å²) in [4.78, 5) is 6.36. The first-order chi connectivity index (χ1) is 8.24. The summed E-state index contributed by atoms with van der Waals surface area (Å²) in [5, 5.41) is 1.23. The van der Waals surface area contributed by atoms with Gasteiger partial charge in [-0.15, -0.1) is 11.3 Å². The van der Waals surface area contributed by atoms with Crippen LogP contribution in [0.2, 0.25) is 0 Å². The summed E-state index contributed by atoms with van der Waals surface area (Å²) < 4.78 is 0. The lowest BCUT2D eigenvalue weighted by Gasteiger charge is -2.33. The van der Waals surface area contributed by atoms with Crippen molar-refractivity contribution in [3.63, 3.8) is 0 Å². The molecule has 0 amide bonds. The van der Waals surface area contributed by atoms with E-state index in [0.717, 1.165) is 12.3 Å². The molecule has 0 fully saturated rings. The van der Waals surface area contributed by atoms with E-state index >= 15 is 0 Å². The zero-order valence-electron chi connectivity index (χ0n) is 12.3. The van der Waals surface area contributed by atoms with Gasteiger partial charge >= 0.3 is 0 Å². The van der Waals surface area contributed by atoms with E-state index in [1.54, 1.807) is 0 Å². The van der Waals surface area contributed by atoms with E-state index in [4.69, 9.17) is 10.7 Å². The minimum Gasteiger partial charge on any atom is -0.330 e. The molecule has 1 atom stereocenters. The van der Waals surface area contributed by atoms with Gasteiger partial charge in [0, 0.05) is 16.8 Å². The molecule has 0 bridgehead atoms. The summed E-state index contributed by atoms with van der Waals surface area (Å²) in [6.07, 6.45) is 3.63. The molecule has 1 aliphatic rings. The third kappa shape index (κ3) is 2.62. The topological polar surface area (TPSA) is 38.9 Å². The van der Waals surface area contributed by atoms with Crippen LogP contribution in [0.15, 0.2) is 0 Å². The van der Waals surface area contributed by atoms with Crippen LogP contribution in [0.5, 0.6) is 0 Å². The van der Waals surface area contributed by atoms with Crippen molar-refractivity contribution in [1.82, 2.24) is 4.98 Å². The number of aromatic nitrogens is 1. The number of hydrogen-bond donors (Lipinski definition) is 1. The summed E-state index contributed by atoms with van der Waals surface area (Å²) in [6.45, 7) is 12.1. The molecule has 3 heteroatoms. The molecule has 1 aromatic heterocycles. The highest BCUT2D eigenvalue weighted by Gasteiger charge is 2.32. The van der Waals surface area contributed by atoms with Crippen molar-refractivity contribution in [2.24, 2.45) is 17.1 Å². The number of rotatable bonds is 2.